The Morgan fingerprint density at radius 1 is 1.19 bits per heavy atom. The third-order valence-electron chi connectivity index (χ3n) is 5.16. The average Bonchev–Trinajstić information content (AvgIpc) is 2.80. The number of nitrogens with zero attached hydrogens (tertiary/aromatic N) is 4. The fraction of sp³-hybridized carbons (Fsp3) is 0.476. The van der Waals surface area contributed by atoms with Crippen LogP contribution in [0.4, 0.5) is 4.39 Å². The number of ether oxygens (including phenoxy) is 1. The van der Waals surface area contributed by atoms with E-state index in [4.69, 9.17) is 4.74 Å². The Morgan fingerprint density at radius 2 is 1.84 bits per heavy atom. The second kappa shape index (κ2) is 11.4. The first-order chi connectivity index (χ1) is 15.1. The second-order valence-corrected chi connectivity index (χ2v) is 9.48. The van der Waals surface area contributed by atoms with Gasteiger partial charge in [0.1, 0.15) is 11.5 Å². The largest absolute Gasteiger partial charge is 0.395 e. The van der Waals surface area contributed by atoms with Gasteiger partial charge in [-0.2, -0.15) is 4.31 Å². The predicted molar refractivity (Wildman–Crippen MR) is 116 cm³/mol. The van der Waals surface area contributed by atoms with E-state index < -0.39 is 34.6 Å². The SMILES string of the molecule is CO[C@H](CN(C)C(=O)c1cnccn1)[C@@H](C)CN([C@H](C)CO)S(=O)(=O)c1ccc(F)cc1. The Balaban J connectivity index is 2.19. The normalized spacial score (nSPS) is 14.7. The summed E-state index contributed by atoms with van der Waals surface area (Å²) in [6.07, 6.45) is 3.75. The van der Waals surface area contributed by atoms with Gasteiger partial charge in [0.05, 0.1) is 23.8 Å². The maximum atomic E-state index is 13.3. The number of hydrogen-bond donors (Lipinski definition) is 1. The summed E-state index contributed by atoms with van der Waals surface area (Å²) in [5.74, 6) is -1.23. The van der Waals surface area contributed by atoms with Crippen LogP contribution in [0.5, 0.6) is 0 Å². The van der Waals surface area contributed by atoms with Crippen LogP contribution in [0.15, 0.2) is 47.8 Å². The molecule has 0 fully saturated rings. The Labute approximate surface area is 187 Å². The maximum absolute atomic E-state index is 13.3. The Morgan fingerprint density at radius 3 is 2.38 bits per heavy atom. The molecule has 11 heteroatoms. The molecule has 1 aromatic heterocycles. The van der Waals surface area contributed by atoms with Crippen molar-refractivity contribution in [3.8, 4) is 0 Å². The number of halogens is 1. The predicted octanol–water partition coefficient (Wildman–Crippen LogP) is 1.41. The molecule has 0 radical (unpaired) electrons. The third-order valence-corrected chi connectivity index (χ3v) is 7.16. The summed E-state index contributed by atoms with van der Waals surface area (Å²) in [6.45, 7) is 3.19. The van der Waals surface area contributed by atoms with Crippen LogP contribution < -0.4 is 0 Å². The minimum atomic E-state index is -4.00. The smallest absolute Gasteiger partial charge is 0.273 e. The highest BCUT2D eigenvalue weighted by atomic mass is 32.2. The van der Waals surface area contributed by atoms with Gasteiger partial charge in [-0.25, -0.2) is 17.8 Å². The second-order valence-electron chi connectivity index (χ2n) is 7.59. The number of aliphatic hydroxyl groups is 1. The number of aromatic nitrogens is 2. The summed E-state index contributed by atoms with van der Waals surface area (Å²) in [5, 5.41) is 9.65. The van der Waals surface area contributed by atoms with Crippen molar-refractivity contribution in [2.45, 2.75) is 30.9 Å². The van der Waals surface area contributed by atoms with E-state index in [0.29, 0.717) is 0 Å². The van der Waals surface area contributed by atoms with E-state index in [1.165, 1.54) is 47.0 Å². The molecule has 2 rings (SSSR count). The summed E-state index contributed by atoms with van der Waals surface area (Å²) in [7, 11) is -0.923. The lowest BCUT2D eigenvalue weighted by molar-refractivity contribution is 0.0219. The molecule has 1 aromatic carbocycles. The zero-order chi connectivity index (χ0) is 23.9. The quantitative estimate of drug-likeness (QED) is 0.531. The standard InChI is InChI=1S/C21H29FN4O5S/c1-15(20(31-4)13-25(3)21(28)19-11-23-9-10-24-19)12-26(16(2)14-27)32(29,30)18-7-5-17(22)6-8-18/h5-11,15-16,20,27H,12-14H2,1-4H3/t15-,16+,20+/m0/s1. The van der Waals surface area contributed by atoms with Crippen LogP contribution >= 0.6 is 0 Å². The molecular weight excluding hydrogens is 439 g/mol. The first kappa shape index (κ1) is 25.8. The van der Waals surface area contributed by atoms with E-state index in [1.807, 2.05) is 0 Å². The van der Waals surface area contributed by atoms with Crippen LogP contribution in [0.2, 0.25) is 0 Å². The number of carbonyl (C=O) groups is 1. The van der Waals surface area contributed by atoms with Gasteiger partial charge < -0.3 is 14.7 Å². The van der Waals surface area contributed by atoms with Gasteiger partial charge in [-0.3, -0.25) is 9.78 Å². The summed E-state index contributed by atoms with van der Waals surface area (Å²) in [6, 6.07) is 3.80. The molecule has 0 aliphatic heterocycles. The number of aliphatic hydroxyl groups excluding tert-OH is 1. The Kier molecular flexibility index (Phi) is 9.20. The van der Waals surface area contributed by atoms with Gasteiger partial charge in [-0.15, -0.1) is 0 Å². The topological polar surface area (TPSA) is 113 Å². The first-order valence-corrected chi connectivity index (χ1v) is 11.5. The molecule has 0 spiro atoms. The van der Waals surface area contributed by atoms with Crippen LogP contribution in [-0.2, 0) is 14.8 Å². The molecule has 0 aliphatic rings. The molecule has 2 aromatic rings. The van der Waals surface area contributed by atoms with Gasteiger partial charge in [0, 0.05) is 45.7 Å². The molecule has 0 unspecified atom stereocenters. The number of sulfonamides is 1. The Hall–Kier alpha value is -2.47. The van der Waals surface area contributed by atoms with Gasteiger partial charge in [-0.1, -0.05) is 6.92 Å². The number of rotatable bonds is 11. The highest BCUT2D eigenvalue weighted by Crippen LogP contribution is 2.22. The summed E-state index contributed by atoms with van der Waals surface area (Å²) >= 11 is 0. The lowest BCUT2D eigenvalue weighted by Gasteiger charge is -2.33. The molecule has 0 saturated carbocycles. The summed E-state index contributed by atoms with van der Waals surface area (Å²) in [5.41, 5.74) is 0.187. The molecule has 1 N–H and O–H groups in total. The lowest BCUT2D eigenvalue weighted by atomic mass is 10.0. The summed E-state index contributed by atoms with van der Waals surface area (Å²) in [4.78, 5) is 21.8. The highest BCUT2D eigenvalue weighted by molar-refractivity contribution is 7.89. The van der Waals surface area contributed by atoms with Crippen molar-refractivity contribution >= 4 is 15.9 Å². The third kappa shape index (κ3) is 6.28. The van der Waals surface area contributed by atoms with Gasteiger partial charge in [0.25, 0.3) is 5.91 Å². The van der Waals surface area contributed by atoms with Crippen LogP contribution in [-0.4, -0.2) is 84.6 Å². The van der Waals surface area contributed by atoms with Crippen molar-refractivity contribution in [2.75, 3.05) is 33.9 Å². The van der Waals surface area contributed by atoms with E-state index in [-0.39, 0.29) is 35.5 Å². The van der Waals surface area contributed by atoms with Crippen molar-refractivity contribution in [3.05, 3.63) is 54.4 Å². The Bertz CT molecular complexity index is 975. The van der Waals surface area contributed by atoms with Crippen molar-refractivity contribution in [1.82, 2.24) is 19.2 Å². The molecule has 1 amide bonds. The highest BCUT2D eigenvalue weighted by Gasteiger charge is 2.33. The van der Waals surface area contributed by atoms with Gasteiger partial charge >= 0.3 is 0 Å². The van der Waals surface area contributed by atoms with E-state index in [9.17, 15) is 22.7 Å². The van der Waals surface area contributed by atoms with Crippen molar-refractivity contribution in [3.63, 3.8) is 0 Å². The van der Waals surface area contributed by atoms with Crippen LogP contribution in [0.3, 0.4) is 0 Å². The van der Waals surface area contributed by atoms with Crippen molar-refractivity contribution in [2.24, 2.45) is 5.92 Å². The van der Waals surface area contributed by atoms with E-state index >= 15 is 0 Å². The maximum Gasteiger partial charge on any atom is 0.273 e. The number of carbonyl (C=O) groups excluding carboxylic acids is 1. The molecule has 1 heterocycles. The fourth-order valence-electron chi connectivity index (χ4n) is 3.19. The molecule has 0 bridgehead atoms. The molecule has 0 saturated heterocycles. The molecule has 176 valence electrons. The van der Waals surface area contributed by atoms with E-state index in [2.05, 4.69) is 9.97 Å². The monoisotopic (exact) mass is 468 g/mol. The van der Waals surface area contributed by atoms with Crippen LogP contribution in [0.25, 0.3) is 0 Å². The van der Waals surface area contributed by atoms with Crippen molar-refractivity contribution < 1.29 is 27.4 Å². The molecule has 0 aliphatic carbocycles. The minimum Gasteiger partial charge on any atom is -0.395 e. The van der Waals surface area contributed by atoms with E-state index in [0.717, 1.165) is 12.1 Å². The molecule has 9 nitrogen and oxygen atoms in total. The first-order valence-electron chi connectivity index (χ1n) is 10.0. The molecular formula is C21H29FN4O5S. The summed E-state index contributed by atoms with van der Waals surface area (Å²) < 4.78 is 46.3. The number of methoxy groups -OCH3 is 1. The van der Waals surface area contributed by atoms with Crippen LogP contribution in [0.1, 0.15) is 24.3 Å². The fourth-order valence-corrected chi connectivity index (χ4v) is 4.92. The average molecular weight is 469 g/mol. The number of hydrogen-bond acceptors (Lipinski definition) is 7. The number of benzene rings is 1. The van der Waals surface area contributed by atoms with Gasteiger partial charge in [0.15, 0.2) is 0 Å². The molecule has 32 heavy (non-hydrogen) atoms. The lowest BCUT2D eigenvalue weighted by Crippen LogP contribution is -2.47. The van der Waals surface area contributed by atoms with Crippen molar-refractivity contribution in [1.29, 1.82) is 0 Å². The van der Waals surface area contributed by atoms with Gasteiger partial charge in [-0.05, 0) is 37.1 Å². The zero-order valence-corrected chi connectivity index (χ0v) is 19.4. The molecule has 3 atom stereocenters. The van der Waals surface area contributed by atoms with Crippen LogP contribution in [0, 0.1) is 11.7 Å². The number of amides is 1. The zero-order valence-electron chi connectivity index (χ0n) is 18.6. The van der Waals surface area contributed by atoms with Gasteiger partial charge in [0.2, 0.25) is 10.0 Å². The minimum absolute atomic E-state index is 0.0209. The van der Waals surface area contributed by atoms with E-state index in [1.54, 1.807) is 20.9 Å². The number of likely N-dealkylation sites (N-methyl/N-ethyl adjacent to an activating group) is 1.